The lowest BCUT2D eigenvalue weighted by Gasteiger charge is -2.14. The fraction of sp³-hybridized carbons (Fsp3) is 0.333. The van der Waals surface area contributed by atoms with Gasteiger partial charge in [-0.3, -0.25) is 4.79 Å². The highest BCUT2D eigenvalue weighted by molar-refractivity contribution is 6.45. The predicted molar refractivity (Wildman–Crippen MR) is 103 cm³/mol. The highest BCUT2D eigenvalue weighted by Gasteiger charge is 2.18. The van der Waals surface area contributed by atoms with Crippen LogP contribution in [0.1, 0.15) is 37.0 Å². The molecular formula is C21H26N2O3. The number of aryl methyl sites for hydroxylation is 1. The molecule has 0 aromatic heterocycles. The number of oxime groups is 1. The van der Waals surface area contributed by atoms with Crippen molar-refractivity contribution in [1.82, 2.24) is 5.32 Å². The molecule has 0 aliphatic heterocycles. The van der Waals surface area contributed by atoms with Gasteiger partial charge in [-0.05, 0) is 30.5 Å². The zero-order valence-corrected chi connectivity index (χ0v) is 15.6. The van der Waals surface area contributed by atoms with Crippen molar-refractivity contribution in [3.05, 3.63) is 65.2 Å². The van der Waals surface area contributed by atoms with Gasteiger partial charge in [-0.2, -0.15) is 0 Å². The van der Waals surface area contributed by atoms with Crippen LogP contribution in [-0.4, -0.2) is 25.3 Å². The van der Waals surface area contributed by atoms with Crippen LogP contribution in [0.2, 0.25) is 0 Å². The number of hydrogen-bond acceptors (Lipinski definition) is 4. The third kappa shape index (κ3) is 5.09. The van der Waals surface area contributed by atoms with Crippen LogP contribution in [0, 0.1) is 0 Å². The normalized spacial score (nSPS) is 11.1. The molecule has 0 heterocycles. The summed E-state index contributed by atoms with van der Waals surface area (Å²) >= 11 is 0. The predicted octanol–water partition coefficient (Wildman–Crippen LogP) is 3.70. The van der Waals surface area contributed by atoms with Gasteiger partial charge in [0.2, 0.25) is 0 Å². The van der Waals surface area contributed by atoms with E-state index in [0.29, 0.717) is 18.7 Å². The van der Waals surface area contributed by atoms with Crippen LogP contribution in [0.15, 0.2) is 53.7 Å². The molecule has 0 fully saturated rings. The van der Waals surface area contributed by atoms with E-state index >= 15 is 0 Å². The summed E-state index contributed by atoms with van der Waals surface area (Å²) in [4.78, 5) is 17.2. The van der Waals surface area contributed by atoms with Crippen LogP contribution >= 0.6 is 0 Å². The van der Waals surface area contributed by atoms with Gasteiger partial charge >= 0.3 is 0 Å². The molecule has 0 atom stereocenters. The molecule has 1 amide bonds. The van der Waals surface area contributed by atoms with Gasteiger partial charge in [0, 0.05) is 12.1 Å². The number of nitrogens with zero attached hydrogens (tertiary/aromatic N) is 1. The number of carbonyl (C=O) groups is 1. The van der Waals surface area contributed by atoms with Crippen molar-refractivity contribution in [2.45, 2.75) is 33.3 Å². The smallest absolute Gasteiger partial charge is 0.273 e. The molecular weight excluding hydrogens is 328 g/mol. The maximum absolute atomic E-state index is 12.3. The molecule has 0 saturated carbocycles. The lowest BCUT2D eigenvalue weighted by molar-refractivity contribution is -0.114. The van der Waals surface area contributed by atoms with E-state index in [-0.39, 0.29) is 11.6 Å². The average Bonchev–Trinajstić information content (AvgIpc) is 2.66. The first-order chi connectivity index (χ1) is 12.7. The monoisotopic (exact) mass is 354 g/mol. The first-order valence-electron chi connectivity index (χ1n) is 8.89. The molecule has 0 aliphatic rings. The SMILES string of the molecule is CCCc1ccccc1OCc1ccccc1C(=NOC)C(=O)NCC. The second-order valence-electron chi connectivity index (χ2n) is 5.79. The zero-order valence-electron chi connectivity index (χ0n) is 15.6. The van der Waals surface area contributed by atoms with Crippen molar-refractivity contribution in [2.75, 3.05) is 13.7 Å². The molecule has 0 radical (unpaired) electrons. The largest absolute Gasteiger partial charge is 0.489 e. The van der Waals surface area contributed by atoms with Crippen molar-refractivity contribution < 1.29 is 14.4 Å². The molecule has 2 rings (SSSR count). The fourth-order valence-electron chi connectivity index (χ4n) is 2.70. The van der Waals surface area contributed by atoms with Crippen LogP contribution in [0.3, 0.4) is 0 Å². The Kier molecular flexibility index (Phi) is 7.68. The molecule has 0 saturated heterocycles. The van der Waals surface area contributed by atoms with Gasteiger partial charge in [-0.25, -0.2) is 0 Å². The molecule has 0 aliphatic carbocycles. The van der Waals surface area contributed by atoms with E-state index in [1.165, 1.54) is 12.7 Å². The van der Waals surface area contributed by atoms with Crippen LogP contribution < -0.4 is 10.1 Å². The maximum Gasteiger partial charge on any atom is 0.273 e. The second-order valence-corrected chi connectivity index (χ2v) is 5.79. The Morgan fingerprint density at radius 1 is 1.04 bits per heavy atom. The molecule has 5 nitrogen and oxygen atoms in total. The third-order valence-electron chi connectivity index (χ3n) is 3.88. The summed E-state index contributed by atoms with van der Waals surface area (Å²) in [5, 5.41) is 6.69. The van der Waals surface area contributed by atoms with Crippen molar-refractivity contribution in [2.24, 2.45) is 5.16 Å². The molecule has 0 spiro atoms. The molecule has 138 valence electrons. The Morgan fingerprint density at radius 2 is 1.73 bits per heavy atom. The quantitative estimate of drug-likeness (QED) is 0.552. The van der Waals surface area contributed by atoms with Crippen LogP contribution in [0.4, 0.5) is 0 Å². The molecule has 26 heavy (non-hydrogen) atoms. The summed E-state index contributed by atoms with van der Waals surface area (Å²) in [6.45, 7) is 4.87. The summed E-state index contributed by atoms with van der Waals surface area (Å²) < 4.78 is 6.06. The van der Waals surface area contributed by atoms with Crippen LogP contribution in [0.5, 0.6) is 5.75 Å². The molecule has 1 N–H and O–H groups in total. The number of ether oxygens (including phenoxy) is 1. The Morgan fingerprint density at radius 3 is 2.42 bits per heavy atom. The van der Waals surface area contributed by atoms with Crippen molar-refractivity contribution in [3.63, 3.8) is 0 Å². The van der Waals surface area contributed by atoms with Crippen molar-refractivity contribution in [3.8, 4) is 5.75 Å². The number of amides is 1. The maximum atomic E-state index is 12.3. The topological polar surface area (TPSA) is 59.9 Å². The van der Waals surface area contributed by atoms with E-state index in [4.69, 9.17) is 9.57 Å². The van der Waals surface area contributed by atoms with Gasteiger partial charge in [0.05, 0.1) is 0 Å². The van der Waals surface area contributed by atoms with Crippen molar-refractivity contribution >= 4 is 11.6 Å². The lowest BCUT2D eigenvalue weighted by atomic mass is 10.0. The summed E-state index contributed by atoms with van der Waals surface area (Å²) in [6, 6.07) is 15.6. The summed E-state index contributed by atoms with van der Waals surface area (Å²) in [5.41, 5.74) is 3.01. The number of benzene rings is 2. The number of likely N-dealkylation sites (N-methyl/N-ethyl adjacent to an activating group) is 1. The van der Waals surface area contributed by atoms with E-state index in [9.17, 15) is 4.79 Å². The Bertz CT molecular complexity index is 756. The van der Waals surface area contributed by atoms with E-state index in [2.05, 4.69) is 23.5 Å². The first kappa shape index (κ1) is 19.5. The summed E-state index contributed by atoms with van der Waals surface area (Å²) in [5.74, 6) is 0.598. The fourth-order valence-corrected chi connectivity index (χ4v) is 2.70. The minimum Gasteiger partial charge on any atom is -0.489 e. The van der Waals surface area contributed by atoms with Gasteiger partial charge < -0.3 is 14.9 Å². The van der Waals surface area contributed by atoms with E-state index in [1.54, 1.807) is 0 Å². The summed E-state index contributed by atoms with van der Waals surface area (Å²) in [7, 11) is 1.43. The average molecular weight is 354 g/mol. The molecule has 5 heteroatoms. The number of rotatable bonds is 9. The lowest BCUT2D eigenvalue weighted by Crippen LogP contribution is -2.32. The number of para-hydroxylation sites is 1. The minimum atomic E-state index is -0.270. The first-order valence-corrected chi connectivity index (χ1v) is 8.89. The van der Waals surface area contributed by atoms with Gasteiger partial charge in [0.25, 0.3) is 5.91 Å². The van der Waals surface area contributed by atoms with Crippen molar-refractivity contribution in [1.29, 1.82) is 0 Å². The molecule has 2 aromatic rings. The summed E-state index contributed by atoms with van der Waals surface area (Å²) in [6.07, 6.45) is 2.02. The van der Waals surface area contributed by atoms with E-state index in [1.807, 2.05) is 49.4 Å². The molecule has 0 bridgehead atoms. The number of hydrogen-bond donors (Lipinski definition) is 1. The second kappa shape index (κ2) is 10.2. The molecule has 0 unspecified atom stereocenters. The zero-order chi connectivity index (χ0) is 18.8. The van der Waals surface area contributed by atoms with Crippen LogP contribution in [0.25, 0.3) is 0 Å². The Balaban J connectivity index is 2.26. The Labute approximate surface area is 155 Å². The van der Waals surface area contributed by atoms with Gasteiger partial charge in [-0.1, -0.05) is 61.0 Å². The third-order valence-corrected chi connectivity index (χ3v) is 3.88. The van der Waals surface area contributed by atoms with E-state index in [0.717, 1.165) is 24.2 Å². The standard InChI is InChI=1S/C21H26N2O3/c1-4-10-16-11-7-9-14-19(16)26-15-17-12-6-8-13-18(17)20(23-25-3)21(24)22-5-2/h6-9,11-14H,4-5,10,15H2,1-3H3,(H,22,24). The highest BCUT2D eigenvalue weighted by Crippen LogP contribution is 2.22. The highest BCUT2D eigenvalue weighted by atomic mass is 16.6. The van der Waals surface area contributed by atoms with Gasteiger partial charge in [-0.15, -0.1) is 0 Å². The number of carbonyl (C=O) groups excluding carboxylic acids is 1. The van der Waals surface area contributed by atoms with Crippen LogP contribution in [-0.2, 0) is 22.7 Å². The van der Waals surface area contributed by atoms with Gasteiger partial charge in [0.15, 0.2) is 5.71 Å². The Hall–Kier alpha value is -2.82. The number of nitrogens with one attached hydrogen (secondary N) is 1. The van der Waals surface area contributed by atoms with E-state index < -0.39 is 0 Å². The minimum absolute atomic E-state index is 0.246. The molecule has 2 aromatic carbocycles. The van der Waals surface area contributed by atoms with Gasteiger partial charge in [0.1, 0.15) is 19.5 Å².